The van der Waals surface area contributed by atoms with E-state index in [9.17, 15) is 4.57 Å². The monoisotopic (exact) mass is 300 g/mol. The summed E-state index contributed by atoms with van der Waals surface area (Å²) in [4.78, 5) is 20.2. The zero-order chi connectivity index (χ0) is 15.2. The minimum atomic E-state index is -3.99. The summed E-state index contributed by atoms with van der Waals surface area (Å²) < 4.78 is 10.9. The van der Waals surface area contributed by atoms with Crippen LogP contribution in [0.4, 0.5) is 0 Å². The normalized spacial score (nSPS) is 12.3. The molecule has 0 aliphatic carbocycles. The lowest BCUT2D eigenvalue weighted by atomic mass is 10.1. The minimum absolute atomic E-state index is 0.203. The highest BCUT2D eigenvalue weighted by atomic mass is 31.2. The maximum Gasteiger partial charge on any atom is 0.329 e. The second-order valence-corrected chi connectivity index (χ2v) is 7.20. The molecule has 6 heteroatoms. The minimum Gasteiger partial charge on any atom is -0.329 e. The maximum atomic E-state index is 10.9. The Morgan fingerprint density at radius 3 is 2.20 bits per heavy atom. The lowest BCUT2D eigenvalue weighted by Crippen LogP contribution is -2.32. The molecule has 0 amide bonds. The first-order valence-corrected chi connectivity index (χ1v) is 8.64. The van der Waals surface area contributed by atoms with Crippen molar-refractivity contribution in [3.05, 3.63) is 35.4 Å². The van der Waals surface area contributed by atoms with Crippen molar-refractivity contribution in [3.8, 4) is 0 Å². The van der Waals surface area contributed by atoms with Crippen molar-refractivity contribution in [2.24, 2.45) is 11.7 Å². The highest BCUT2D eigenvalue weighted by Gasteiger charge is 2.14. The SMILES string of the molecule is CC(C)CN(CCN)Cc1ccc(CP(=O)(O)O)cc1. The fraction of sp³-hybridized carbons (Fsp3) is 0.571. The van der Waals surface area contributed by atoms with Crippen LogP contribution in [0.25, 0.3) is 0 Å². The Bertz CT molecular complexity index is 442. The van der Waals surface area contributed by atoms with Gasteiger partial charge in [0, 0.05) is 26.2 Å². The van der Waals surface area contributed by atoms with E-state index >= 15 is 0 Å². The molecule has 0 atom stereocenters. The second-order valence-electron chi connectivity index (χ2n) is 5.56. The summed E-state index contributed by atoms with van der Waals surface area (Å²) in [7, 11) is -3.99. The fourth-order valence-corrected chi connectivity index (χ4v) is 2.87. The Morgan fingerprint density at radius 1 is 1.20 bits per heavy atom. The lowest BCUT2D eigenvalue weighted by Gasteiger charge is -2.23. The largest absolute Gasteiger partial charge is 0.329 e. The van der Waals surface area contributed by atoms with Gasteiger partial charge in [0.1, 0.15) is 0 Å². The fourth-order valence-electron chi connectivity index (χ4n) is 2.18. The first-order chi connectivity index (χ1) is 9.30. The van der Waals surface area contributed by atoms with Gasteiger partial charge < -0.3 is 15.5 Å². The molecule has 0 radical (unpaired) electrons. The van der Waals surface area contributed by atoms with E-state index in [0.29, 0.717) is 18.0 Å². The van der Waals surface area contributed by atoms with Gasteiger partial charge in [-0.05, 0) is 17.0 Å². The molecule has 20 heavy (non-hydrogen) atoms. The van der Waals surface area contributed by atoms with Crippen molar-refractivity contribution in [1.29, 1.82) is 0 Å². The number of hydrogen-bond donors (Lipinski definition) is 3. The molecule has 0 aromatic heterocycles. The first kappa shape index (κ1) is 17.3. The average molecular weight is 300 g/mol. The number of nitrogens with zero attached hydrogens (tertiary/aromatic N) is 1. The van der Waals surface area contributed by atoms with Crippen LogP contribution < -0.4 is 5.73 Å². The van der Waals surface area contributed by atoms with Crippen molar-refractivity contribution in [1.82, 2.24) is 4.90 Å². The van der Waals surface area contributed by atoms with E-state index in [-0.39, 0.29) is 6.16 Å². The molecule has 4 N–H and O–H groups in total. The second kappa shape index (κ2) is 7.91. The average Bonchev–Trinajstić information content (AvgIpc) is 2.29. The Labute approximate surface area is 121 Å². The summed E-state index contributed by atoms with van der Waals surface area (Å²) in [5, 5.41) is 0. The van der Waals surface area contributed by atoms with Crippen LogP contribution in [0, 0.1) is 5.92 Å². The van der Waals surface area contributed by atoms with E-state index in [0.717, 1.165) is 25.2 Å². The standard InChI is InChI=1S/C14H25N2O3P/c1-12(2)9-16(8-7-15)10-13-3-5-14(6-4-13)11-20(17,18)19/h3-6,12H,7-11,15H2,1-2H3,(H2,17,18,19). The van der Waals surface area contributed by atoms with E-state index < -0.39 is 7.60 Å². The van der Waals surface area contributed by atoms with Crippen LogP contribution in [-0.2, 0) is 17.3 Å². The number of rotatable bonds is 8. The zero-order valence-electron chi connectivity index (χ0n) is 12.2. The molecule has 1 rings (SSSR count). The quantitative estimate of drug-likeness (QED) is 0.637. The summed E-state index contributed by atoms with van der Waals surface area (Å²) in [5.41, 5.74) is 7.42. The number of nitrogens with two attached hydrogens (primary N) is 1. The Kier molecular flexibility index (Phi) is 6.86. The van der Waals surface area contributed by atoms with Crippen LogP contribution in [0.15, 0.2) is 24.3 Å². The molecular formula is C14H25N2O3P. The van der Waals surface area contributed by atoms with Gasteiger partial charge in [0.25, 0.3) is 0 Å². The summed E-state index contributed by atoms with van der Waals surface area (Å²) in [6, 6.07) is 7.42. The predicted molar refractivity (Wildman–Crippen MR) is 81.4 cm³/mol. The van der Waals surface area contributed by atoms with E-state index in [4.69, 9.17) is 15.5 Å². The van der Waals surface area contributed by atoms with Crippen LogP contribution in [0.2, 0.25) is 0 Å². The molecule has 0 heterocycles. The van der Waals surface area contributed by atoms with E-state index in [2.05, 4.69) is 18.7 Å². The molecule has 0 spiro atoms. The van der Waals surface area contributed by atoms with Crippen molar-refractivity contribution in [2.45, 2.75) is 26.6 Å². The molecule has 0 fully saturated rings. The van der Waals surface area contributed by atoms with Gasteiger partial charge in [0.2, 0.25) is 0 Å². The first-order valence-electron chi connectivity index (χ1n) is 6.85. The molecule has 0 aliphatic rings. The third kappa shape index (κ3) is 7.17. The Balaban J connectivity index is 2.65. The van der Waals surface area contributed by atoms with E-state index in [1.807, 2.05) is 12.1 Å². The van der Waals surface area contributed by atoms with Gasteiger partial charge in [-0.2, -0.15) is 0 Å². The molecular weight excluding hydrogens is 275 g/mol. The molecule has 5 nitrogen and oxygen atoms in total. The zero-order valence-corrected chi connectivity index (χ0v) is 13.1. The van der Waals surface area contributed by atoms with Crippen molar-refractivity contribution >= 4 is 7.60 Å². The van der Waals surface area contributed by atoms with Gasteiger partial charge in [-0.3, -0.25) is 9.46 Å². The highest BCUT2D eigenvalue weighted by Crippen LogP contribution is 2.38. The van der Waals surface area contributed by atoms with Crippen molar-refractivity contribution in [3.63, 3.8) is 0 Å². The molecule has 0 saturated heterocycles. The van der Waals surface area contributed by atoms with Gasteiger partial charge >= 0.3 is 7.60 Å². The topological polar surface area (TPSA) is 86.8 Å². The van der Waals surface area contributed by atoms with Gasteiger partial charge in [0.05, 0.1) is 6.16 Å². The van der Waals surface area contributed by atoms with Crippen LogP contribution >= 0.6 is 7.60 Å². The van der Waals surface area contributed by atoms with Gasteiger partial charge in [-0.15, -0.1) is 0 Å². The van der Waals surface area contributed by atoms with Crippen LogP contribution in [0.5, 0.6) is 0 Å². The van der Waals surface area contributed by atoms with Crippen molar-refractivity contribution in [2.75, 3.05) is 19.6 Å². The van der Waals surface area contributed by atoms with Gasteiger partial charge in [-0.25, -0.2) is 0 Å². The van der Waals surface area contributed by atoms with Crippen LogP contribution in [-0.4, -0.2) is 34.3 Å². The molecule has 0 bridgehead atoms. The van der Waals surface area contributed by atoms with Gasteiger partial charge in [-0.1, -0.05) is 38.1 Å². The molecule has 0 unspecified atom stereocenters. The highest BCUT2D eigenvalue weighted by molar-refractivity contribution is 7.50. The number of hydrogen-bond acceptors (Lipinski definition) is 3. The lowest BCUT2D eigenvalue weighted by molar-refractivity contribution is 0.242. The Hall–Kier alpha value is -0.710. The molecule has 1 aromatic rings. The molecule has 0 aliphatic heterocycles. The molecule has 1 aromatic carbocycles. The van der Waals surface area contributed by atoms with Crippen LogP contribution in [0.3, 0.4) is 0 Å². The summed E-state index contributed by atoms with van der Waals surface area (Å²) >= 11 is 0. The molecule has 0 saturated carbocycles. The molecule has 114 valence electrons. The van der Waals surface area contributed by atoms with E-state index in [1.165, 1.54) is 0 Å². The van der Waals surface area contributed by atoms with Gasteiger partial charge in [0.15, 0.2) is 0 Å². The summed E-state index contributed by atoms with van der Waals surface area (Å²) in [5.74, 6) is 0.579. The Morgan fingerprint density at radius 2 is 1.75 bits per heavy atom. The van der Waals surface area contributed by atoms with Crippen molar-refractivity contribution < 1.29 is 14.4 Å². The maximum absolute atomic E-state index is 10.9. The van der Waals surface area contributed by atoms with E-state index in [1.54, 1.807) is 12.1 Å². The number of benzene rings is 1. The predicted octanol–water partition coefficient (Wildman–Crippen LogP) is 1.78. The van der Waals surface area contributed by atoms with Crippen LogP contribution in [0.1, 0.15) is 25.0 Å². The smallest absolute Gasteiger partial charge is 0.329 e. The summed E-state index contributed by atoms with van der Waals surface area (Å²) in [6.07, 6.45) is -0.203. The summed E-state index contributed by atoms with van der Waals surface area (Å²) in [6.45, 7) is 7.62. The third-order valence-corrected chi connectivity index (χ3v) is 3.66. The third-order valence-electron chi connectivity index (χ3n) is 2.89.